The number of rotatable bonds is 31. The molecule has 56 heavy (non-hydrogen) atoms. The van der Waals surface area contributed by atoms with E-state index < -0.39 is 41.8 Å². The van der Waals surface area contributed by atoms with E-state index >= 15 is 0 Å². The number of nitrogens with two attached hydrogens (primary N) is 1. The Balaban J connectivity index is 2.35. The van der Waals surface area contributed by atoms with Crippen LogP contribution in [0.5, 0.6) is 0 Å². The van der Waals surface area contributed by atoms with Crippen LogP contribution in [0.3, 0.4) is 0 Å². The maximum Gasteiger partial charge on any atom is 0.312 e. The van der Waals surface area contributed by atoms with Gasteiger partial charge >= 0.3 is 12.0 Å². The summed E-state index contributed by atoms with van der Waals surface area (Å²) in [5.74, 6) is -2.37. The first-order valence-corrected chi connectivity index (χ1v) is 19.0. The summed E-state index contributed by atoms with van der Waals surface area (Å²) in [4.78, 5) is 84.8. The smallest absolute Gasteiger partial charge is 0.312 e. The quantitative estimate of drug-likeness (QED) is 0.0460. The Bertz CT molecular complexity index is 1360. The van der Waals surface area contributed by atoms with Gasteiger partial charge in [-0.1, -0.05) is 39.8 Å². The number of anilines is 1. The average molecular weight is 795 g/mol. The second kappa shape index (κ2) is 29.6. The molecule has 0 aromatic heterocycles. The van der Waals surface area contributed by atoms with Crippen molar-refractivity contribution in [3.63, 3.8) is 0 Å². The largest absolute Gasteiger partial charge is 0.461 e. The molecule has 0 aliphatic rings. The van der Waals surface area contributed by atoms with Gasteiger partial charge in [0.25, 0.3) is 0 Å². The number of carbonyl (C=O) groups excluding carboxylic acids is 7. The Morgan fingerprint density at radius 1 is 0.661 bits per heavy atom. The molecule has 316 valence electrons. The summed E-state index contributed by atoms with van der Waals surface area (Å²) in [5.41, 5.74) is 6.32. The van der Waals surface area contributed by atoms with Crippen molar-refractivity contribution in [2.45, 2.75) is 85.4 Å². The summed E-state index contributed by atoms with van der Waals surface area (Å²) < 4.78 is 26.8. The van der Waals surface area contributed by atoms with Gasteiger partial charge in [-0.15, -0.1) is 0 Å². The molecule has 1 aromatic rings. The molecule has 2 atom stereocenters. The Kier molecular flexibility index (Phi) is 26.1. The molecule has 7 N–H and O–H groups in total. The van der Waals surface area contributed by atoms with E-state index in [1.807, 2.05) is 13.8 Å². The van der Waals surface area contributed by atoms with Gasteiger partial charge < -0.3 is 56.0 Å². The Morgan fingerprint density at radius 2 is 1.25 bits per heavy atom. The lowest BCUT2D eigenvalue weighted by atomic mass is 10.0. The molecule has 1 aromatic carbocycles. The minimum absolute atomic E-state index is 0.00272. The van der Waals surface area contributed by atoms with Gasteiger partial charge in [-0.05, 0) is 36.5 Å². The zero-order valence-electron chi connectivity index (χ0n) is 33.4. The van der Waals surface area contributed by atoms with Crippen LogP contribution in [0.1, 0.15) is 72.3 Å². The fourth-order valence-electron chi connectivity index (χ4n) is 4.73. The lowest BCUT2D eigenvalue weighted by molar-refractivity contribution is -0.142. The third kappa shape index (κ3) is 24.7. The van der Waals surface area contributed by atoms with E-state index in [4.69, 9.17) is 29.4 Å². The van der Waals surface area contributed by atoms with Gasteiger partial charge in [-0.25, -0.2) is 4.79 Å². The molecular formula is C38H62N6O12. The van der Waals surface area contributed by atoms with Crippen LogP contribution >= 0.6 is 0 Å². The lowest BCUT2D eigenvalue weighted by Crippen LogP contribution is -2.54. The van der Waals surface area contributed by atoms with Gasteiger partial charge in [0, 0.05) is 50.9 Å². The molecule has 0 spiro atoms. The van der Waals surface area contributed by atoms with Crippen LogP contribution < -0.4 is 32.3 Å². The molecule has 0 aliphatic heterocycles. The Labute approximate surface area is 329 Å². The highest BCUT2D eigenvalue weighted by Gasteiger charge is 2.29. The Hall–Kier alpha value is -4.65. The number of Topliss-reactive ketones (excluding diaryl/α,β-unsaturated/α-hetero) is 1. The van der Waals surface area contributed by atoms with Crippen molar-refractivity contribution < 1.29 is 57.2 Å². The van der Waals surface area contributed by atoms with Crippen molar-refractivity contribution in [3.05, 3.63) is 29.8 Å². The van der Waals surface area contributed by atoms with Crippen LogP contribution in [0.2, 0.25) is 0 Å². The van der Waals surface area contributed by atoms with E-state index in [1.54, 1.807) is 38.1 Å². The SMILES string of the molecule is CC(=O)OCc1ccc(NC(=O)[C@H](CCCNC(N)=O)NC(=O)[C@@H](NC(=O)CCOCCOCCOCCOCCNC(=O)CCC(=O)C(C)C)C(C)C)cc1. The molecule has 6 amide bonds. The van der Waals surface area contributed by atoms with Gasteiger partial charge in [0.15, 0.2) is 0 Å². The number of hydrogen-bond acceptors (Lipinski definition) is 12. The first-order chi connectivity index (χ1) is 26.7. The molecule has 18 heteroatoms. The molecule has 0 aliphatic carbocycles. The third-order valence-corrected chi connectivity index (χ3v) is 7.93. The number of esters is 1. The molecule has 0 radical (unpaired) electrons. The van der Waals surface area contributed by atoms with Crippen molar-refractivity contribution in [2.75, 3.05) is 71.3 Å². The number of urea groups is 1. The highest BCUT2D eigenvalue weighted by molar-refractivity contribution is 5.98. The van der Waals surface area contributed by atoms with Crippen LogP contribution in [0.25, 0.3) is 0 Å². The average Bonchev–Trinajstić information content (AvgIpc) is 3.14. The minimum Gasteiger partial charge on any atom is -0.461 e. The summed E-state index contributed by atoms with van der Waals surface area (Å²) in [6.07, 6.45) is 0.914. The summed E-state index contributed by atoms with van der Waals surface area (Å²) >= 11 is 0. The predicted molar refractivity (Wildman–Crippen MR) is 206 cm³/mol. The normalized spacial score (nSPS) is 12.1. The molecular weight excluding hydrogens is 732 g/mol. The number of ether oxygens (including phenoxy) is 5. The second-order valence-corrected chi connectivity index (χ2v) is 13.4. The van der Waals surface area contributed by atoms with E-state index in [2.05, 4.69) is 26.6 Å². The third-order valence-electron chi connectivity index (χ3n) is 7.93. The van der Waals surface area contributed by atoms with Crippen molar-refractivity contribution in [3.8, 4) is 0 Å². The topological polar surface area (TPSA) is 252 Å². The number of primary amides is 1. The number of carbonyl (C=O) groups is 7. The molecule has 0 saturated heterocycles. The van der Waals surface area contributed by atoms with E-state index in [9.17, 15) is 33.6 Å². The van der Waals surface area contributed by atoms with Gasteiger partial charge in [-0.3, -0.25) is 28.8 Å². The van der Waals surface area contributed by atoms with Crippen LogP contribution in [0, 0.1) is 11.8 Å². The number of hydrogen-bond donors (Lipinski definition) is 6. The summed E-state index contributed by atoms with van der Waals surface area (Å²) in [5, 5.41) is 13.4. The monoisotopic (exact) mass is 794 g/mol. The van der Waals surface area contributed by atoms with Crippen molar-refractivity contribution in [2.24, 2.45) is 17.6 Å². The number of nitrogens with one attached hydrogen (secondary N) is 5. The van der Waals surface area contributed by atoms with E-state index in [0.717, 1.165) is 5.56 Å². The number of ketones is 1. The molecule has 1 rings (SSSR count). The van der Waals surface area contributed by atoms with E-state index in [-0.39, 0.29) is 82.2 Å². The van der Waals surface area contributed by atoms with Crippen LogP contribution in [-0.2, 0) is 59.1 Å². The highest BCUT2D eigenvalue weighted by Crippen LogP contribution is 2.13. The molecule has 0 fully saturated rings. The minimum atomic E-state index is -0.997. The standard InChI is InChI=1S/C38H62N6O12/c1-26(2)32(46)12-13-33(47)40-16-18-53-20-22-55-24-23-54-21-19-52-17-14-34(48)44-35(27(3)4)37(50)43-31(7-6-15-41-38(39)51)36(49)42-30-10-8-29(9-11-30)25-56-28(5)45/h8-11,26-27,31,35H,6-7,12-25H2,1-5H3,(H,40,47)(H,42,49)(H,43,50)(H,44,48)(H3,39,41,51)/t31-,35-/m0/s1. The molecule has 0 heterocycles. The first-order valence-electron chi connectivity index (χ1n) is 19.0. The maximum absolute atomic E-state index is 13.4. The van der Waals surface area contributed by atoms with E-state index in [0.29, 0.717) is 51.7 Å². The predicted octanol–water partition coefficient (Wildman–Crippen LogP) is 1.34. The Morgan fingerprint density at radius 3 is 1.80 bits per heavy atom. The maximum atomic E-state index is 13.4. The number of benzene rings is 1. The summed E-state index contributed by atoms with van der Waals surface area (Å²) in [6, 6.07) is 4.02. The van der Waals surface area contributed by atoms with Crippen molar-refractivity contribution in [1.82, 2.24) is 21.3 Å². The highest BCUT2D eigenvalue weighted by atomic mass is 16.6. The number of amides is 6. The fraction of sp³-hybridized carbons (Fsp3) is 0.658. The van der Waals surface area contributed by atoms with Crippen molar-refractivity contribution >= 4 is 47.1 Å². The van der Waals surface area contributed by atoms with Crippen LogP contribution in [0.4, 0.5) is 10.5 Å². The van der Waals surface area contributed by atoms with Crippen LogP contribution in [0.15, 0.2) is 24.3 Å². The second-order valence-electron chi connectivity index (χ2n) is 13.4. The molecule has 0 unspecified atom stereocenters. The first kappa shape index (κ1) is 49.4. The van der Waals surface area contributed by atoms with E-state index in [1.165, 1.54) is 6.92 Å². The summed E-state index contributed by atoms with van der Waals surface area (Å²) in [6.45, 7) is 11.5. The zero-order chi connectivity index (χ0) is 41.7. The molecule has 18 nitrogen and oxygen atoms in total. The van der Waals surface area contributed by atoms with Gasteiger partial charge in [0.1, 0.15) is 24.5 Å². The van der Waals surface area contributed by atoms with Crippen LogP contribution in [-0.4, -0.2) is 119 Å². The summed E-state index contributed by atoms with van der Waals surface area (Å²) in [7, 11) is 0. The van der Waals surface area contributed by atoms with Gasteiger partial charge in [0.2, 0.25) is 23.6 Å². The lowest BCUT2D eigenvalue weighted by Gasteiger charge is -2.25. The molecule has 0 saturated carbocycles. The fourth-order valence-corrected chi connectivity index (χ4v) is 4.73. The zero-order valence-corrected chi connectivity index (χ0v) is 33.4. The van der Waals surface area contributed by atoms with Gasteiger partial charge in [-0.2, -0.15) is 0 Å². The van der Waals surface area contributed by atoms with Gasteiger partial charge in [0.05, 0.1) is 52.9 Å². The molecule has 0 bridgehead atoms. The van der Waals surface area contributed by atoms with Crippen molar-refractivity contribution in [1.29, 1.82) is 0 Å².